The van der Waals surface area contributed by atoms with Gasteiger partial charge in [0.25, 0.3) is 5.91 Å². The Morgan fingerprint density at radius 3 is 2.79 bits per heavy atom. The molecule has 2 rings (SSSR count). The fraction of sp³-hybridized carbons (Fsp3) is 0.538. The molecule has 0 unspecified atom stereocenters. The molecule has 1 aliphatic carbocycles. The van der Waals surface area contributed by atoms with Crippen molar-refractivity contribution in [2.45, 2.75) is 32.2 Å². The van der Waals surface area contributed by atoms with Gasteiger partial charge in [-0.05, 0) is 41.3 Å². The summed E-state index contributed by atoms with van der Waals surface area (Å²) in [7, 11) is 0. The van der Waals surface area contributed by atoms with Gasteiger partial charge in [-0.15, -0.1) is 0 Å². The van der Waals surface area contributed by atoms with Gasteiger partial charge in [0, 0.05) is 23.3 Å². The van der Waals surface area contributed by atoms with Gasteiger partial charge in [-0.1, -0.05) is 6.92 Å². The Hall–Kier alpha value is -1.30. The zero-order valence-corrected chi connectivity index (χ0v) is 12.5. The maximum absolute atomic E-state index is 12.1. The van der Waals surface area contributed by atoms with Gasteiger partial charge in [0.15, 0.2) is 0 Å². The molecule has 19 heavy (non-hydrogen) atoms. The number of nitrogens with one attached hydrogen (secondary N) is 2. The molecule has 1 aromatic heterocycles. The number of amides is 2. The highest BCUT2D eigenvalue weighted by Gasteiger charge is 2.27. The van der Waals surface area contributed by atoms with Gasteiger partial charge in [-0.25, -0.2) is 0 Å². The summed E-state index contributed by atoms with van der Waals surface area (Å²) in [4.78, 5) is 23.5. The second-order valence-corrected chi connectivity index (χ2v) is 5.63. The molecule has 0 aliphatic heterocycles. The minimum absolute atomic E-state index is 0.0201. The Morgan fingerprint density at radius 1 is 1.42 bits per heavy atom. The zero-order valence-electron chi connectivity index (χ0n) is 10.9. The average Bonchev–Trinajstić information content (AvgIpc) is 3.16. The molecule has 0 saturated heterocycles. The molecular formula is C13H18BrN3O2. The van der Waals surface area contributed by atoms with Crippen LogP contribution in [0.4, 0.5) is 0 Å². The van der Waals surface area contributed by atoms with E-state index in [1.54, 1.807) is 6.07 Å². The second-order valence-electron chi connectivity index (χ2n) is 4.71. The normalized spacial score (nSPS) is 14.2. The number of aromatic nitrogens is 1. The summed E-state index contributed by atoms with van der Waals surface area (Å²) in [6.45, 7) is 2.64. The van der Waals surface area contributed by atoms with Gasteiger partial charge in [0.05, 0.1) is 6.54 Å². The lowest BCUT2D eigenvalue weighted by Crippen LogP contribution is -2.37. The molecule has 0 bridgehead atoms. The van der Waals surface area contributed by atoms with Crippen LogP contribution in [0, 0.1) is 0 Å². The minimum Gasteiger partial charge on any atom is -0.355 e. The van der Waals surface area contributed by atoms with E-state index < -0.39 is 0 Å². The summed E-state index contributed by atoms with van der Waals surface area (Å²) < 4.78 is 2.86. The van der Waals surface area contributed by atoms with E-state index in [-0.39, 0.29) is 18.4 Å². The Labute approximate surface area is 120 Å². The van der Waals surface area contributed by atoms with E-state index in [2.05, 4.69) is 26.6 Å². The zero-order chi connectivity index (χ0) is 13.8. The van der Waals surface area contributed by atoms with Crippen LogP contribution in [0.25, 0.3) is 0 Å². The van der Waals surface area contributed by atoms with Crippen molar-refractivity contribution in [3.8, 4) is 0 Å². The molecule has 1 fully saturated rings. The van der Waals surface area contributed by atoms with Crippen molar-refractivity contribution in [1.82, 2.24) is 15.2 Å². The van der Waals surface area contributed by atoms with Crippen LogP contribution in [0.3, 0.4) is 0 Å². The maximum atomic E-state index is 12.1. The average molecular weight is 328 g/mol. The lowest BCUT2D eigenvalue weighted by atomic mass is 10.4. The van der Waals surface area contributed by atoms with Crippen LogP contribution in [0.5, 0.6) is 0 Å². The SMILES string of the molecule is CCCNC(=O)CNC(=O)c1cc(Br)cn1C1CC1. The van der Waals surface area contributed by atoms with Crippen molar-refractivity contribution < 1.29 is 9.59 Å². The predicted molar refractivity (Wildman–Crippen MR) is 76.0 cm³/mol. The highest BCUT2D eigenvalue weighted by Crippen LogP contribution is 2.37. The lowest BCUT2D eigenvalue weighted by Gasteiger charge is -2.08. The molecule has 2 amide bonds. The van der Waals surface area contributed by atoms with Gasteiger partial charge in [-0.2, -0.15) is 0 Å². The van der Waals surface area contributed by atoms with Crippen molar-refractivity contribution in [3.63, 3.8) is 0 Å². The van der Waals surface area contributed by atoms with Crippen LogP contribution in [0.1, 0.15) is 42.7 Å². The maximum Gasteiger partial charge on any atom is 0.268 e. The van der Waals surface area contributed by atoms with Gasteiger partial charge in [0.1, 0.15) is 5.69 Å². The molecule has 6 heteroatoms. The van der Waals surface area contributed by atoms with Crippen molar-refractivity contribution in [1.29, 1.82) is 0 Å². The molecule has 0 aromatic carbocycles. The summed E-state index contributed by atoms with van der Waals surface area (Å²) in [5, 5.41) is 5.38. The Bertz CT molecular complexity index is 480. The molecule has 2 N–H and O–H groups in total. The number of rotatable bonds is 6. The Morgan fingerprint density at radius 2 is 2.16 bits per heavy atom. The molecule has 1 saturated carbocycles. The van der Waals surface area contributed by atoms with E-state index in [1.165, 1.54) is 0 Å². The Kier molecular flexibility index (Phi) is 4.63. The number of hydrogen-bond acceptors (Lipinski definition) is 2. The summed E-state index contributed by atoms with van der Waals surface area (Å²) >= 11 is 3.38. The number of carbonyl (C=O) groups is 2. The summed E-state index contributed by atoms with van der Waals surface area (Å²) in [5.74, 6) is -0.358. The molecule has 0 spiro atoms. The number of hydrogen-bond donors (Lipinski definition) is 2. The third kappa shape index (κ3) is 3.83. The first-order chi connectivity index (χ1) is 9.11. The molecular weight excluding hydrogens is 310 g/mol. The molecule has 1 heterocycles. The molecule has 1 aromatic rings. The third-order valence-corrected chi connectivity index (χ3v) is 3.40. The standard InChI is InChI=1S/C13H18BrN3O2/c1-2-5-15-12(18)7-16-13(19)11-6-9(14)8-17(11)10-3-4-10/h6,8,10H,2-5,7H2,1H3,(H,15,18)(H,16,19). The van der Waals surface area contributed by atoms with E-state index in [0.717, 1.165) is 23.7 Å². The topological polar surface area (TPSA) is 63.1 Å². The summed E-state index contributed by atoms with van der Waals surface area (Å²) in [5.41, 5.74) is 0.609. The van der Waals surface area contributed by atoms with E-state index in [9.17, 15) is 9.59 Å². The van der Waals surface area contributed by atoms with Gasteiger partial charge in [-0.3, -0.25) is 9.59 Å². The smallest absolute Gasteiger partial charge is 0.268 e. The van der Waals surface area contributed by atoms with Crippen molar-refractivity contribution in [2.24, 2.45) is 0 Å². The van der Waals surface area contributed by atoms with E-state index in [4.69, 9.17) is 0 Å². The minimum atomic E-state index is -0.204. The van der Waals surface area contributed by atoms with Crippen LogP contribution in [-0.2, 0) is 4.79 Å². The van der Waals surface area contributed by atoms with Crippen LogP contribution < -0.4 is 10.6 Å². The highest BCUT2D eigenvalue weighted by molar-refractivity contribution is 9.10. The third-order valence-electron chi connectivity index (χ3n) is 2.97. The van der Waals surface area contributed by atoms with Crippen LogP contribution in [0.15, 0.2) is 16.7 Å². The van der Waals surface area contributed by atoms with Gasteiger partial charge >= 0.3 is 0 Å². The Balaban J connectivity index is 1.91. The number of carbonyl (C=O) groups excluding carboxylic acids is 2. The van der Waals surface area contributed by atoms with Crippen molar-refractivity contribution in [3.05, 3.63) is 22.4 Å². The van der Waals surface area contributed by atoms with Crippen molar-refractivity contribution >= 4 is 27.7 Å². The van der Waals surface area contributed by atoms with E-state index in [0.29, 0.717) is 18.3 Å². The number of halogens is 1. The molecule has 5 nitrogen and oxygen atoms in total. The largest absolute Gasteiger partial charge is 0.355 e. The monoisotopic (exact) mass is 327 g/mol. The van der Waals surface area contributed by atoms with Crippen molar-refractivity contribution in [2.75, 3.05) is 13.1 Å². The predicted octanol–water partition coefficient (Wildman–Crippen LogP) is 1.84. The van der Waals surface area contributed by atoms with Crippen LogP contribution >= 0.6 is 15.9 Å². The van der Waals surface area contributed by atoms with Crippen LogP contribution in [0.2, 0.25) is 0 Å². The summed E-state index contributed by atoms with van der Waals surface area (Å²) in [6, 6.07) is 2.22. The molecule has 0 atom stereocenters. The van der Waals surface area contributed by atoms with E-state index in [1.807, 2.05) is 17.7 Å². The first-order valence-electron chi connectivity index (χ1n) is 6.54. The number of nitrogens with zero attached hydrogens (tertiary/aromatic N) is 1. The van der Waals surface area contributed by atoms with E-state index >= 15 is 0 Å². The van der Waals surface area contributed by atoms with Gasteiger partial charge in [0.2, 0.25) is 5.91 Å². The second kappa shape index (κ2) is 6.23. The van der Waals surface area contributed by atoms with Crippen LogP contribution in [-0.4, -0.2) is 29.5 Å². The highest BCUT2D eigenvalue weighted by atomic mass is 79.9. The molecule has 1 aliphatic rings. The first-order valence-corrected chi connectivity index (χ1v) is 7.33. The first kappa shape index (κ1) is 14.1. The summed E-state index contributed by atoms with van der Waals surface area (Å²) in [6.07, 6.45) is 5.03. The quantitative estimate of drug-likeness (QED) is 0.837. The molecule has 0 radical (unpaired) electrons. The fourth-order valence-electron chi connectivity index (χ4n) is 1.86. The molecule has 104 valence electrons. The lowest BCUT2D eigenvalue weighted by molar-refractivity contribution is -0.120. The van der Waals surface area contributed by atoms with Gasteiger partial charge < -0.3 is 15.2 Å². The fourth-order valence-corrected chi connectivity index (χ4v) is 2.30.